The Morgan fingerprint density at radius 2 is 2.30 bits per heavy atom. The van der Waals surface area contributed by atoms with Crippen molar-refractivity contribution in [3.05, 3.63) is 28.0 Å². The zero-order chi connectivity index (χ0) is 7.56. The lowest BCUT2D eigenvalue weighted by Gasteiger charge is -2.02. The van der Waals surface area contributed by atoms with E-state index in [9.17, 15) is 0 Å². The first kappa shape index (κ1) is 7.73. The van der Waals surface area contributed by atoms with E-state index in [0.29, 0.717) is 0 Å². The highest BCUT2D eigenvalue weighted by molar-refractivity contribution is 9.10. The van der Waals surface area contributed by atoms with Gasteiger partial charge in [-0.25, -0.2) is 4.98 Å². The monoisotopic (exact) mass is 199 g/mol. The molecular formula is C8H10BrN. The summed E-state index contributed by atoms with van der Waals surface area (Å²) in [7, 11) is 0. The molecule has 0 aliphatic carbocycles. The van der Waals surface area contributed by atoms with E-state index in [0.717, 1.165) is 11.0 Å². The van der Waals surface area contributed by atoms with Crippen LogP contribution in [0.25, 0.3) is 0 Å². The first-order valence-corrected chi connectivity index (χ1v) is 4.15. The number of aryl methyl sites for hydroxylation is 1. The van der Waals surface area contributed by atoms with Gasteiger partial charge in [-0.3, -0.25) is 0 Å². The maximum atomic E-state index is 4.13. The van der Waals surface area contributed by atoms with Crippen LogP contribution in [0.3, 0.4) is 0 Å². The summed E-state index contributed by atoms with van der Waals surface area (Å²) in [6.45, 7) is 4.24. The van der Waals surface area contributed by atoms with Gasteiger partial charge in [0.2, 0.25) is 0 Å². The van der Waals surface area contributed by atoms with Crippen LogP contribution in [0.2, 0.25) is 0 Å². The van der Waals surface area contributed by atoms with Gasteiger partial charge in [0.05, 0.1) is 0 Å². The van der Waals surface area contributed by atoms with Gasteiger partial charge in [-0.2, -0.15) is 0 Å². The van der Waals surface area contributed by atoms with Gasteiger partial charge in [-0.15, -0.1) is 0 Å². The van der Waals surface area contributed by atoms with E-state index < -0.39 is 0 Å². The average molecular weight is 200 g/mol. The van der Waals surface area contributed by atoms with E-state index in [-0.39, 0.29) is 0 Å². The van der Waals surface area contributed by atoms with Crippen molar-refractivity contribution in [2.75, 3.05) is 0 Å². The number of pyridine rings is 1. The van der Waals surface area contributed by atoms with E-state index >= 15 is 0 Å². The van der Waals surface area contributed by atoms with Crippen LogP contribution in [0.15, 0.2) is 16.9 Å². The maximum Gasteiger partial charge on any atom is 0.109 e. The fourth-order valence-corrected chi connectivity index (χ4v) is 1.69. The van der Waals surface area contributed by atoms with Crippen LogP contribution in [0.4, 0.5) is 0 Å². The van der Waals surface area contributed by atoms with Crippen molar-refractivity contribution >= 4 is 15.9 Å². The zero-order valence-electron chi connectivity index (χ0n) is 6.19. The van der Waals surface area contributed by atoms with Gasteiger partial charge in [-0.05, 0) is 46.5 Å². The van der Waals surface area contributed by atoms with Gasteiger partial charge in [0.25, 0.3) is 0 Å². The molecule has 0 fully saturated rings. The summed E-state index contributed by atoms with van der Waals surface area (Å²) in [6.07, 6.45) is 2.86. The van der Waals surface area contributed by atoms with Crippen molar-refractivity contribution in [1.82, 2.24) is 4.98 Å². The van der Waals surface area contributed by atoms with Gasteiger partial charge in [0.1, 0.15) is 4.60 Å². The molecule has 0 spiro atoms. The Bertz CT molecular complexity index is 212. The molecule has 0 radical (unpaired) electrons. The maximum absolute atomic E-state index is 4.13. The normalized spacial score (nSPS) is 9.90. The number of hydrogen-bond acceptors (Lipinski definition) is 1. The first-order chi connectivity index (χ1) is 4.75. The molecule has 1 aromatic rings. The van der Waals surface area contributed by atoms with Crippen LogP contribution in [0.5, 0.6) is 0 Å². The highest BCUT2D eigenvalue weighted by Crippen LogP contribution is 2.16. The molecule has 0 saturated carbocycles. The predicted molar refractivity (Wildman–Crippen MR) is 46.1 cm³/mol. The summed E-state index contributed by atoms with van der Waals surface area (Å²) in [5.41, 5.74) is 2.62. The Labute approximate surface area is 69.6 Å². The van der Waals surface area contributed by atoms with E-state index in [1.165, 1.54) is 11.1 Å². The minimum absolute atomic E-state index is 0.981. The van der Waals surface area contributed by atoms with Crippen LogP contribution in [-0.4, -0.2) is 4.98 Å². The van der Waals surface area contributed by atoms with E-state index in [1.54, 1.807) is 0 Å². The van der Waals surface area contributed by atoms with Crippen molar-refractivity contribution < 1.29 is 0 Å². The van der Waals surface area contributed by atoms with Gasteiger partial charge in [0, 0.05) is 6.20 Å². The second-order valence-corrected chi connectivity index (χ2v) is 3.00. The Morgan fingerprint density at radius 3 is 2.70 bits per heavy atom. The largest absolute Gasteiger partial charge is 0.249 e. The van der Waals surface area contributed by atoms with E-state index in [1.807, 2.05) is 12.3 Å². The molecule has 0 aliphatic rings. The second kappa shape index (κ2) is 3.15. The first-order valence-electron chi connectivity index (χ1n) is 3.35. The topological polar surface area (TPSA) is 12.9 Å². The lowest BCUT2D eigenvalue weighted by atomic mass is 10.1. The smallest absolute Gasteiger partial charge is 0.109 e. The van der Waals surface area contributed by atoms with Crippen molar-refractivity contribution in [2.24, 2.45) is 0 Å². The predicted octanol–water partition coefficient (Wildman–Crippen LogP) is 2.71. The fourth-order valence-electron chi connectivity index (χ4n) is 0.980. The van der Waals surface area contributed by atoms with E-state index in [4.69, 9.17) is 0 Å². The highest BCUT2D eigenvalue weighted by Gasteiger charge is 1.99. The fraction of sp³-hybridized carbons (Fsp3) is 0.375. The molecule has 2 heteroatoms. The summed E-state index contributed by atoms with van der Waals surface area (Å²) < 4.78 is 0.981. The third-order valence-electron chi connectivity index (χ3n) is 1.59. The molecule has 1 heterocycles. The Hall–Kier alpha value is -0.370. The van der Waals surface area contributed by atoms with Crippen LogP contribution in [0.1, 0.15) is 18.1 Å². The standard InChI is InChI=1S/C8H10BrN/c1-3-7-6(2)4-5-10-8(7)9/h4-5H,3H2,1-2H3. The Balaban J connectivity index is 3.17. The lowest BCUT2D eigenvalue weighted by molar-refractivity contribution is 1.05. The molecule has 0 amide bonds. The summed E-state index contributed by atoms with van der Waals surface area (Å²) in [5.74, 6) is 0. The molecule has 0 unspecified atom stereocenters. The summed E-state index contributed by atoms with van der Waals surface area (Å²) in [4.78, 5) is 4.13. The molecule has 54 valence electrons. The number of halogens is 1. The molecule has 1 rings (SSSR count). The molecule has 0 atom stereocenters. The SMILES string of the molecule is CCc1c(C)ccnc1Br. The number of hydrogen-bond donors (Lipinski definition) is 0. The lowest BCUT2D eigenvalue weighted by Crippen LogP contribution is -1.89. The summed E-state index contributed by atoms with van der Waals surface area (Å²) >= 11 is 3.40. The molecule has 0 N–H and O–H groups in total. The van der Waals surface area contributed by atoms with Crippen LogP contribution in [0, 0.1) is 6.92 Å². The van der Waals surface area contributed by atoms with Gasteiger partial charge in [0.15, 0.2) is 0 Å². The average Bonchev–Trinajstić information content (AvgIpc) is 1.88. The molecule has 0 aromatic carbocycles. The third kappa shape index (κ3) is 1.37. The van der Waals surface area contributed by atoms with Gasteiger partial charge >= 0.3 is 0 Å². The third-order valence-corrected chi connectivity index (χ3v) is 2.27. The molecule has 0 aliphatic heterocycles. The van der Waals surface area contributed by atoms with Crippen molar-refractivity contribution in [3.8, 4) is 0 Å². The molecular weight excluding hydrogens is 190 g/mol. The number of aromatic nitrogens is 1. The van der Waals surface area contributed by atoms with Crippen LogP contribution >= 0.6 is 15.9 Å². The quantitative estimate of drug-likeness (QED) is 0.635. The number of rotatable bonds is 1. The summed E-state index contributed by atoms with van der Waals surface area (Å²) in [5, 5.41) is 0. The zero-order valence-corrected chi connectivity index (χ0v) is 7.77. The molecule has 1 aromatic heterocycles. The van der Waals surface area contributed by atoms with Crippen molar-refractivity contribution in [1.29, 1.82) is 0 Å². The van der Waals surface area contributed by atoms with Gasteiger partial charge in [-0.1, -0.05) is 6.92 Å². The second-order valence-electron chi connectivity index (χ2n) is 2.25. The molecule has 0 bridgehead atoms. The number of nitrogens with zero attached hydrogens (tertiary/aromatic N) is 1. The summed E-state index contributed by atoms with van der Waals surface area (Å²) in [6, 6.07) is 2.03. The van der Waals surface area contributed by atoms with Crippen LogP contribution < -0.4 is 0 Å². The van der Waals surface area contributed by atoms with Crippen molar-refractivity contribution in [2.45, 2.75) is 20.3 Å². The Kier molecular flexibility index (Phi) is 2.44. The van der Waals surface area contributed by atoms with Gasteiger partial charge < -0.3 is 0 Å². The van der Waals surface area contributed by atoms with E-state index in [2.05, 4.69) is 34.8 Å². The molecule has 10 heavy (non-hydrogen) atoms. The highest BCUT2D eigenvalue weighted by atomic mass is 79.9. The minimum atomic E-state index is 0.981. The Morgan fingerprint density at radius 1 is 1.60 bits per heavy atom. The van der Waals surface area contributed by atoms with Crippen LogP contribution in [-0.2, 0) is 6.42 Å². The van der Waals surface area contributed by atoms with Crippen molar-refractivity contribution in [3.63, 3.8) is 0 Å². The minimum Gasteiger partial charge on any atom is -0.249 e. The molecule has 0 saturated heterocycles. The molecule has 1 nitrogen and oxygen atoms in total.